The van der Waals surface area contributed by atoms with Crippen LogP contribution >= 0.6 is 0 Å². The molecule has 1 amide bonds. The predicted octanol–water partition coefficient (Wildman–Crippen LogP) is 2.61. The summed E-state index contributed by atoms with van der Waals surface area (Å²) in [5.74, 6) is 0.174. The van der Waals surface area contributed by atoms with Gasteiger partial charge in [0, 0.05) is 12.6 Å². The Balaban J connectivity index is 1.65. The van der Waals surface area contributed by atoms with Crippen molar-refractivity contribution in [2.24, 2.45) is 0 Å². The van der Waals surface area contributed by atoms with E-state index in [0.29, 0.717) is 12.6 Å². The molecule has 0 radical (unpaired) electrons. The quantitative estimate of drug-likeness (QED) is 0.865. The molecule has 3 heteroatoms. The number of hydrogen-bond acceptors (Lipinski definition) is 2. The van der Waals surface area contributed by atoms with Crippen LogP contribution in [0.4, 0.5) is 0 Å². The minimum atomic E-state index is 0.174. The van der Waals surface area contributed by atoms with Crippen LogP contribution in [0.25, 0.3) is 0 Å². The number of nitrogens with zero attached hydrogens (tertiary/aromatic N) is 1. The number of hydrogen-bond donors (Lipinski definition) is 1. The van der Waals surface area contributed by atoms with Crippen LogP contribution in [0.1, 0.15) is 37.7 Å². The van der Waals surface area contributed by atoms with Gasteiger partial charge in [-0.05, 0) is 31.9 Å². The van der Waals surface area contributed by atoms with E-state index in [1.165, 1.54) is 24.8 Å². The van der Waals surface area contributed by atoms with E-state index in [0.717, 1.165) is 25.8 Å². The Kier molecular flexibility index (Phi) is 6.06. The van der Waals surface area contributed by atoms with E-state index < -0.39 is 0 Å². The predicted molar refractivity (Wildman–Crippen MR) is 82.7 cm³/mol. The molecule has 1 fully saturated rings. The molecular weight excluding hydrogens is 248 g/mol. The Labute approximate surface area is 122 Å². The summed E-state index contributed by atoms with van der Waals surface area (Å²) in [4.78, 5) is 14.1. The lowest BCUT2D eigenvalue weighted by Crippen LogP contribution is -2.42. The van der Waals surface area contributed by atoms with Gasteiger partial charge in [-0.25, -0.2) is 0 Å². The molecule has 0 bridgehead atoms. The maximum Gasteiger partial charge on any atom is 0.234 e. The normalized spacial score (nSPS) is 16.3. The molecule has 0 heterocycles. The van der Waals surface area contributed by atoms with Gasteiger partial charge in [0.25, 0.3) is 0 Å². The molecular formula is C17H26N2O. The first-order valence-electron chi connectivity index (χ1n) is 7.76. The Hall–Kier alpha value is -1.35. The summed E-state index contributed by atoms with van der Waals surface area (Å²) in [6, 6.07) is 10.8. The number of benzene rings is 1. The minimum absolute atomic E-state index is 0.174. The molecule has 1 aromatic carbocycles. The molecule has 3 nitrogen and oxygen atoms in total. The third-order valence-electron chi connectivity index (χ3n) is 4.01. The Morgan fingerprint density at radius 2 is 1.90 bits per heavy atom. The third kappa shape index (κ3) is 5.33. The van der Waals surface area contributed by atoms with Crippen LogP contribution in [0.2, 0.25) is 0 Å². The summed E-state index contributed by atoms with van der Waals surface area (Å²) in [6.07, 6.45) is 7.14. The molecule has 0 aromatic heterocycles. The fourth-order valence-electron chi connectivity index (χ4n) is 2.81. The van der Waals surface area contributed by atoms with E-state index in [2.05, 4.69) is 34.5 Å². The van der Waals surface area contributed by atoms with Gasteiger partial charge in [0.15, 0.2) is 0 Å². The van der Waals surface area contributed by atoms with Gasteiger partial charge in [0.05, 0.1) is 6.54 Å². The highest BCUT2D eigenvalue weighted by atomic mass is 16.2. The molecule has 110 valence electrons. The number of carbonyl (C=O) groups is 1. The van der Waals surface area contributed by atoms with Crippen LogP contribution in [-0.2, 0) is 11.2 Å². The van der Waals surface area contributed by atoms with E-state index >= 15 is 0 Å². The standard InChI is InChI=1S/C17H26N2O/c1-19(13-12-15-8-4-2-5-9-15)14-17(20)18-16-10-6-3-7-11-16/h2,4-5,8-9,16H,3,6-7,10-14H2,1H3,(H,18,20). The Morgan fingerprint density at radius 1 is 1.20 bits per heavy atom. The van der Waals surface area contributed by atoms with Gasteiger partial charge in [0.1, 0.15) is 0 Å². The monoisotopic (exact) mass is 274 g/mol. The number of rotatable bonds is 6. The fraction of sp³-hybridized carbons (Fsp3) is 0.588. The maximum absolute atomic E-state index is 12.0. The average Bonchev–Trinajstić information content (AvgIpc) is 2.47. The summed E-state index contributed by atoms with van der Waals surface area (Å²) < 4.78 is 0. The molecule has 0 aliphatic heterocycles. The number of nitrogens with one attached hydrogen (secondary N) is 1. The molecule has 0 unspecified atom stereocenters. The molecule has 1 aliphatic carbocycles. The second-order valence-electron chi connectivity index (χ2n) is 5.88. The zero-order valence-corrected chi connectivity index (χ0v) is 12.5. The molecule has 1 aromatic rings. The summed E-state index contributed by atoms with van der Waals surface area (Å²) in [6.45, 7) is 1.42. The van der Waals surface area contributed by atoms with Crippen molar-refractivity contribution in [1.82, 2.24) is 10.2 Å². The highest BCUT2D eigenvalue weighted by Crippen LogP contribution is 2.17. The van der Waals surface area contributed by atoms with Crippen molar-refractivity contribution < 1.29 is 4.79 Å². The number of likely N-dealkylation sites (N-methyl/N-ethyl adjacent to an activating group) is 1. The van der Waals surface area contributed by atoms with Crippen molar-refractivity contribution in [3.05, 3.63) is 35.9 Å². The van der Waals surface area contributed by atoms with Crippen LogP contribution in [0.3, 0.4) is 0 Å². The van der Waals surface area contributed by atoms with E-state index in [1.807, 2.05) is 13.1 Å². The first kappa shape index (κ1) is 15.0. The summed E-state index contributed by atoms with van der Waals surface area (Å²) >= 11 is 0. The molecule has 1 aliphatic rings. The van der Waals surface area contributed by atoms with Gasteiger partial charge in [-0.2, -0.15) is 0 Å². The lowest BCUT2D eigenvalue weighted by atomic mass is 9.95. The van der Waals surface area contributed by atoms with Crippen molar-refractivity contribution in [2.75, 3.05) is 20.1 Å². The van der Waals surface area contributed by atoms with Gasteiger partial charge < -0.3 is 5.32 Å². The van der Waals surface area contributed by atoms with Crippen molar-refractivity contribution >= 4 is 5.91 Å². The van der Waals surface area contributed by atoms with Gasteiger partial charge in [-0.3, -0.25) is 9.69 Å². The number of carbonyl (C=O) groups excluding carboxylic acids is 1. The van der Waals surface area contributed by atoms with Crippen LogP contribution in [0.5, 0.6) is 0 Å². The Bertz CT molecular complexity index is 399. The fourth-order valence-corrected chi connectivity index (χ4v) is 2.81. The van der Waals surface area contributed by atoms with Gasteiger partial charge in [0.2, 0.25) is 5.91 Å². The zero-order valence-electron chi connectivity index (χ0n) is 12.5. The van der Waals surface area contributed by atoms with Crippen molar-refractivity contribution in [1.29, 1.82) is 0 Å². The summed E-state index contributed by atoms with van der Waals surface area (Å²) in [5, 5.41) is 3.17. The first-order valence-corrected chi connectivity index (χ1v) is 7.76. The SMILES string of the molecule is CN(CCc1ccccc1)CC(=O)NC1CCCCC1. The topological polar surface area (TPSA) is 32.3 Å². The van der Waals surface area contributed by atoms with Crippen LogP contribution in [0, 0.1) is 0 Å². The van der Waals surface area contributed by atoms with Crippen LogP contribution in [-0.4, -0.2) is 37.0 Å². The second kappa shape index (κ2) is 8.05. The molecule has 0 spiro atoms. The van der Waals surface area contributed by atoms with E-state index in [-0.39, 0.29) is 5.91 Å². The number of amides is 1. The van der Waals surface area contributed by atoms with E-state index in [1.54, 1.807) is 0 Å². The van der Waals surface area contributed by atoms with Crippen LogP contribution < -0.4 is 5.32 Å². The smallest absolute Gasteiger partial charge is 0.234 e. The van der Waals surface area contributed by atoms with Crippen molar-refractivity contribution in [3.8, 4) is 0 Å². The van der Waals surface area contributed by atoms with Gasteiger partial charge in [-0.15, -0.1) is 0 Å². The minimum Gasteiger partial charge on any atom is -0.352 e. The summed E-state index contributed by atoms with van der Waals surface area (Å²) in [7, 11) is 2.02. The zero-order chi connectivity index (χ0) is 14.2. The Morgan fingerprint density at radius 3 is 2.60 bits per heavy atom. The van der Waals surface area contributed by atoms with Crippen molar-refractivity contribution in [3.63, 3.8) is 0 Å². The molecule has 1 saturated carbocycles. The van der Waals surface area contributed by atoms with E-state index in [4.69, 9.17) is 0 Å². The van der Waals surface area contributed by atoms with Crippen LogP contribution in [0.15, 0.2) is 30.3 Å². The van der Waals surface area contributed by atoms with Gasteiger partial charge in [-0.1, -0.05) is 49.6 Å². The maximum atomic E-state index is 12.0. The second-order valence-corrected chi connectivity index (χ2v) is 5.88. The van der Waals surface area contributed by atoms with Gasteiger partial charge >= 0.3 is 0 Å². The highest BCUT2D eigenvalue weighted by molar-refractivity contribution is 5.78. The van der Waals surface area contributed by atoms with Crippen molar-refractivity contribution in [2.45, 2.75) is 44.6 Å². The third-order valence-corrected chi connectivity index (χ3v) is 4.01. The van der Waals surface area contributed by atoms with E-state index in [9.17, 15) is 4.79 Å². The lowest BCUT2D eigenvalue weighted by molar-refractivity contribution is -0.122. The molecule has 1 N–H and O–H groups in total. The first-order chi connectivity index (χ1) is 9.74. The highest BCUT2D eigenvalue weighted by Gasteiger charge is 2.16. The molecule has 2 rings (SSSR count). The summed E-state index contributed by atoms with van der Waals surface area (Å²) in [5.41, 5.74) is 1.33. The molecule has 20 heavy (non-hydrogen) atoms. The molecule has 0 atom stereocenters. The largest absolute Gasteiger partial charge is 0.352 e. The lowest BCUT2D eigenvalue weighted by Gasteiger charge is -2.24. The average molecular weight is 274 g/mol. The molecule has 0 saturated heterocycles.